The number of methoxy groups -OCH3 is 1. The van der Waals surface area contributed by atoms with Crippen molar-refractivity contribution in [2.75, 3.05) is 12.4 Å². The van der Waals surface area contributed by atoms with Gasteiger partial charge in [0, 0.05) is 4.88 Å². The highest BCUT2D eigenvalue weighted by Gasteiger charge is 2.26. The van der Waals surface area contributed by atoms with E-state index in [1.165, 1.54) is 11.3 Å². The van der Waals surface area contributed by atoms with Crippen LogP contribution in [0.2, 0.25) is 0 Å². The third kappa shape index (κ3) is 2.60. The van der Waals surface area contributed by atoms with Crippen molar-refractivity contribution in [1.82, 2.24) is 0 Å². The summed E-state index contributed by atoms with van der Waals surface area (Å²) in [5.74, 6) is -2.48. The standard InChI is InChI=1S/C12H14N2O4S/c1-18-12(17)10(16)14-11-8(9(13)15)6-4-2-3-5-7(6)19-11/h2-5H2,1H3,(H2,13,15)(H,14,16). The molecule has 0 spiro atoms. The SMILES string of the molecule is COC(=O)C(=O)Nc1sc2c(c1C(N)=O)CCCC2. The molecule has 0 atom stereocenters. The molecule has 0 aromatic carbocycles. The molecule has 0 saturated carbocycles. The zero-order valence-corrected chi connectivity index (χ0v) is 11.3. The van der Waals surface area contributed by atoms with E-state index in [1.54, 1.807) is 0 Å². The van der Waals surface area contributed by atoms with E-state index in [9.17, 15) is 14.4 Å². The average Bonchev–Trinajstić information content (AvgIpc) is 2.75. The lowest BCUT2D eigenvalue weighted by molar-refractivity contribution is -0.150. The second kappa shape index (κ2) is 5.40. The molecule has 2 amide bonds. The van der Waals surface area contributed by atoms with Gasteiger partial charge in [0.25, 0.3) is 5.91 Å². The summed E-state index contributed by atoms with van der Waals surface area (Å²) in [7, 11) is 1.12. The summed E-state index contributed by atoms with van der Waals surface area (Å²) >= 11 is 1.31. The van der Waals surface area contributed by atoms with Crippen molar-refractivity contribution < 1.29 is 19.1 Å². The number of fused-ring (bicyclic) bond motifs is 1. The molecule has 0 fully saturated rings. The number of esters is 1. The molecule has 1 aliphatic rings. The van der Waals surface area contributed by atoms with Crippen molar-refractivity contribution in [3.8, 4) is 0 Å². The Hall–Kier alpha value is -1.89. The molecule has 6 nitrogen and oxygen atoms in total. The van der Waals surface area contributed by atoms with Crippen molar-refractivity contribution in [2.45, 2.75) is 25.7 Å². The van der Waals surface area contributed by atoms with Crippen LogP contribution in [0.4, 0.5) is 5.00 Å². The molecule has 0 aliphatic heterocycles. The lowest BCUT2D eigenvalue weighted by Gasteiger charge is -2.11. The summed E-state index contributed by atoms with van der Waals surface area (Å²) in [4.78, 5) is 35.2. The molecule has 1 aliphatic carbocycles. The maximum atomic E-state index is 11.5. The topological polar surface area (TPSA) is 98.5 Å². The summed E-state index contributed by atoms with van der Waals surface area (Å²) in [6, 6.07) is 0. The van der Waals surface area contributed by atoms with Crippen molar-refractivity contribution in [3.05, 3.63) is 16.0 Å². The molecule has 0 bridgehead atoms. The van der Waals surface area contributed by atoms with Crippen LogP contribution in [0.5, 0.6) is 0 Å². The summed E-state index contributed by atoms with van der Waals surface area (Å²) in [5, 5.41) is 2.75. The van der Waals surface area contributed by atoms with Crippen molar-refractivity contribution >= 4 is 34.1 Å². The van der Waals surface area contributed by atoms with Gasteiger partial charge in [0.2, 0.25) is 0 Å². The second-order valence-corrected chi connectivity index (χ2v) is 5.33. The Morgan fingerprint density at radius 3 is 2.58 bits per heavy atom. The summed E-state index contributed by atoms with van der Waals surface area (Å²) in [6.45, 7) is 0. The van der Waals surface area contributed by atoms with E-state index in [1.807, 2.05) is 0 Å². The van der Waals surface area contributed by atoms with E-state index in [2.05, 4.69) is 10.1 Å². The largest absolute Gasteiger partial charge is 0.462 e. The van der Waals surface area contributed by atoms with E-state index in [-0.39, 0.29) is 0 Å². The quantitative estimate of drug-likeness (QED) is 0.620. The molecule has 1 aromatic rings. The Morgan fingerprint density at radius 1 is 1.26 bits per heavy atom. The first-order valence-electron chi connectivity index (χ1n) is 5.88. The van der Waals surface area contributed by atoms with Gasteiger partial charge in [-0.1, -0.05) is 0 Å². The van der Waals surface area contributed by atoms with Gasteiger partial charge in [-0.2, -0.15) is 0 Å². The number of nitrogens with two attached hydrogens (primary N) is 1. The molecular formula is C12H14N2O4S. The van der Waals surface area contributed by atoms with Crippen molar-refractivity contribution in [2.24, 2.45) is 5.73 Å². The number of rotatable bonds is 2. The number of carbonyl (C=O) groups excluding carboxylic acids is 3. The second-order valence-electron chi connectivity index (χ2n) is 4.22. The van der Waals surface area contributed by atoms with Gasteiger partial charge in [-0.3, -0.25) is 9.59 Å². The van der Waals surface area contributed by atoms with Crippen LogP contribution in [0, 0.1) is 0 Å². The number of thiophene rings is 1. The molecule has 0 radical (unpaired) electrons. The number of anilines is 1. The minimum absolute atomic E-state index is 0.331. The van der Waals surface area contributed by atoms with Crippen LogP contribution in [0.3, 0.4) is 0 Å². The zero-order valence-electron chi connectivity index (χ0n) is 10.4. The van der Waals surface area contributed by atoms with E-state index in [0.29, 0.717) is 10.6 Å². The van der Waals surface area contributed by atoms with Crippen LogP contribution in [0.15, 0.2) is 0 Å². The van der Waals surface area contributed by atoms with Gasteiger partial charge >= 0.3 is 11.9 Å². The maximum absolute atomic E-state index is 11.5. The van der Waals surface area contributed by atoms with Crippen LogP contribution in [0.1, 0.15) is 33.6 Å². The van der Waals surface area contributed by atoms with Gasteiger partial charge in [0.15, 0.2) is 0 Å². The van der Waals surface area contributed by atoms with Gasteiger partial charge < -0.3 is 15.8 Å². The predicted octanol–water partition coefficient (Wildman–Crippen LogP) is 0.837. The van der Waals surface area contributed by atoms with Gasteiger partial charge in [-0.05, 0) is 31.2 Å². The minimum Gasteiger partial charge on any atom is -0.462 e. The van der Waals surface area contributed by atoms with Crippen molar-refractivity contribution in [3.63, 3.8) is 0 Å². The summed E-state index contributed by atoms with van der Waals surface area (Å²) in [6.07, 6.45) is 3.69. The van der Waals surface area contributed by atoms with Crippen LogP contribution >= 0.6 is 11.3 Å². The predicted molar refractivity (Wildman–Crippen MR) is 70.1 cm³/mol. The third-order valence-corrected chi connectivity index (χ3v) is 4.22. The molecule has 3 N–H and O–H groups in total. The van der Waals surface area contributed by atoms with Gasteiger partial charge in [0.1, 0.15) is 5.00 Å². The third-order valence-electron chi connectivity index (χ3n) is 3.02. The molecule has 1 heterocycles. The van der Waals surface area contributed by atoms with E-state index in [4.69, 9.17) is 5.73 Å². The first-order chi connectivity index (χ1) is 9.04. The number of nitrogens with one attached hydrogen (secondary N) is 1. The molecule has 102 valence electrons. The highest BCUT2D eigenvalue weighted by Crippen LogP contribution is 2.37. The molecule has 19 heavy (non-hydrogen) atoms. The van der Waals surface area contributed by atoms with E-state index >= 15 is 0 Å². The van der Waals surface area contributed by atoms with Gasteiger partial charge in [0.05, 0.1) is 12.7 Å². The van der Waals surface area contributed by atoms with Crippen molar-refractivity contribution in [1.29, 1.82) is 0 Å². The number of ether oxygens (including phenoxy) is 1. The minimum atomic E-state index is -0.998. The summed E-state index contributed by atoms with van der Waals surface area (Å²) < 4.78 is 4.32. The van der Waals surface area contributed by atoms with Crippen LogP contribution in [-0.4, -0.2) is 24.9 Å². The Labute approximate surface area is 113 Å². The van der Waals surface area contributed by atoms with Crippen LogP contribution < -0.4 is 11.1 Å². The van der Waals surface area contributed by atoms with Crippen LogP contribution in [-0.2, 0) is 27.2 Å². The fourth-order valence-electron chi connectivity index (χ4n) is 2.16. The smallest absolute Gasteiger partial charge is 0.396 e. The lowest BCUT2D eigenvalue weighted by Crippen LogP contribution is -2.25. The average molecular weight is 282 g/mol. The van der Waals surface area contributed by atoms with Gasteiger partial charge in [-0.25, -0.2) is 4.79 Å². The monoisotopic (exact) mass is 282 g/mol. The van der Waals surface area contributed by atoms with Gasteiger partial charge in [-0.15, -0.1) is 11.3 Å². The maximum Gasteiger partial charge on any atom is 0.396 e. The van der Waals surface area contributed by atoms with E-state index in [0.717, 1.165) is 43.2 Å². The molecular weight excluding hydrogens is 268 g/mol. The molecule has 0 saturated heterocycles. The first-order valence-corrected chi connectivity index (χ1v) is 6.70. The number of hydrogen-bond acceptors (Lipinski definition) is 5. The number of carbonyl (C=O) groups is 3. The fourth-order valence-corrected chi connectivity index (χ4v) is 3.45. The van der Waals surface area contributed by atoms with E-state index < -0.39 is 17.8 Å². The first kappa shape index (κ1) is 13.5. The number of amides is 2. The fraction of sp³-hybridized carbons (Fsp3) is 0.417. The summed E-state index contributed by atoms with van der Waals surface area (Å²) in [5.41, 5.74) is 6.60. The number of hydrogen-bond donors (Lipinski definition) is 2. The zero-order chi connectivity index (χ0) is 14.0. The Balaban J connectivity index is 2.35. The molecule has 1 aromatic heterocycles. The Bertz CT molecular complexity index is 550. The highest BCUT2D eigenvalue weighted by atomic mass is 32.1. The molecule has 2 rings (SSSR count). The lowest BCUT2D eigenvalue weighted by atomic mass is 9.95. The van der Waals surface area contributed by atoms with Crippen LogP contribution in [0.25, 0.3) is 0 Å². The molecule has 7 heteroatoms. The Kier molecular flexibility index (Phi) is 3.84. The number of primary amides is 1. The Morgan fingerprint density at radius 2 is 1.95 bits per heavy atom. The number of aryl methyl sites for hydroxylation is 1. The normalized spacial score (nSPS) is 13.5. The highest BCUT2D eigenvalue weighted by molar-refractivity contribution is 7.17. The molecule has 0 unspecified atom stereocenters.